The van der Waals surface area contributed by atoms with Gasteiger partial charge in [0.05, 0.1) is 31.5 Å². The van der Waals surface area contributed by atoms with Crippen molar-refractivity contribution in [2.45, 2.75) is 102 Å². The van der Waals surface area contributed by atoms with Crippen molar-refractivity contribution in [2.24, 2.45) is 11.3 Å². The highest BCUT2D eigenvalue weighted by atomic mass is 28.4. The lowest BCUT2D eigenvalue weighted by Crippen LogP contribution is -2.70. The van der Waals surface area contributed by atoms with Crippen LogP contribution >= 0.6 is 0 Å². The van der Waals surface area contributed by atoms with E-state index in [0.29, 0.717) is 32.7 Å². The molecule has 3 heterocycles. The fourth-order valence-corrected chi connectivity index (χ4v) is 12.3. The van der Waals surface area contributed by atoms with Gasteiger partial charge in [0.1, 0.15) is 12.2 Å². The third-order valence-corrected chi connectivity index (χ3v) is 15.5. The summed E-state index contributed by atoms with van der Waals surface area (Å²) in [6, 6.07) is 31.8. The van der Waals surface area contributed by atoms with Crippen LogP contribution in [-0.4, -0.2) is 62.9 Å². The standard InChI is InChI=1S/C38H50O6Si/c1-27-31(22-23-40-25-28-16-10-7-11-17-28)42-38(37(5,6)35(39)34(43-38)33-26-41-33)24-32(27)44-45(36(2,3)4,29-18-12-8-13-19-29)30-20-14-9-15-21-30/h7-21,27,31-35,39H,22-26H2,1-6H3/t27-,31+,32-,33-,34-,35+,38-/m0/s1. The fourth-order valence-electron chi connectivity index (χ4n) is 7.53. The van der Waals surface area contributed by atoms with Crippen LogP contribution in [0, 0.1) is 11.3 Å². The molecule has 0 unspecified atom stereocenters. The maximum absolute atomic E-state index is 11.6. The van der Waals surface area contributed by atoms with Gasteiger partial charge in [0.2, 0.25) is 0 Å². The van der Waals surface area contributed by atoms with Gasteiger partial charge < -0.3 is 28.5 Å². The third kappa shape index (κ3) is 6.09. The van der Waals surface area contributed by atoms with Crippen molar-refractivity contribution in [1.82, 2.24) is 0 Å². The van der Waals surface area contributed by atoms with E-state index in [0.717, 1.165) is 5.56 Å². The summed E-state index contributed by atoms with van der Waals surface area (Å²) in [6.45, 7) is 15.0. The first kappa shape index (κ1) is 32.6. The summed E-state index contributed by atoms with van der Waals surface area (Å²) in [4.78, 5) is 0. The fraction of sp³-hybridized carbons (Fsp3) is 0.526. The van der Waals surface area contributed by atoms with Gasteiger partial charge in [0.15, 0.2) is 5.79 Å². The molecule has 7 atom stereocenters. The van der Waals surface area contributed by atoms with Crippen molar-refractivity contribution >= 4 is 18.7 Å². The zero-order valence-electron chi connectivity index (χ0n) is 27.6. The molecule has 3 aromatic rings. The molecular weight excluding hydrogens is 580 g/mol. The first-order valence-corrected chi connectivity index (χ1v) is 18.5. The molecule has 0 aromatic heterocycles. The predicted molar refractivity (Wildman–Crippen MR) is 179 cm³/mol. The lowest BCUT2D eigenvalue weighted by molar-refractivity contribution is -0.331. The van der Waals surface area contributed by atoms with Crippen LogP contribution in [0.3, 0.4) is 0 Å². The lowest BCUT2D eigenvalue weighted by atomic mass is 9.73. The summed E-state index contributed by atoms with van der Waals surface area (Å²) in [6.07, 6.45) is -0.425. The second kappa shape index (κ2) is 12.7. The molecule has 45 heavy (non-hydrogen) atoms. The SMILES string of the molecule is C[C@@H]1[C@@H](O[Si](c2ccccc2)(c2ccccc2)C(C)(C)C)C[C@@]2(O[C@@H]([C@@H]3CO3)[C@@H](O)C2(C)C)O[C@@H]1CCOCc1ccccc1. The Morgan fingerprint density at radius 1 is 0.867 bits per heavy atom. The molecule has 242 valence electrons. The van der Waals surface area contributed by atoms with E-state index in [1.807, 2.05) is 18.2 Å². The van der Waals surface area contributed by atoms with Gasteiger partial charge in [0.25, 0.3) is 8.32 Å². The van der Waals surface area contributed by atoms with Crippen molar-refractivity contribution in [3.05, 3.63) is 96.6 Å². The molecule has 0 bridgehead atoms. The molecular formula is C38H50O6Si. The zero-order chi connectivity index (χ0) is 31.9. The minimum absolute atomic E-state index is 0.0605. The van der Waals surface area contributed by atoms with Gasteiger partial charge >= 0.3 is 0 Å². The van der Waals surface area contributed by atoms with E-state index in [1.165, 1.54) is 10.4 Å². The molecule has 6 nitrogen and oxygen atoms in total. The molecule has 3 saturated heterocycles. The summed E-state index contributed by atoms with van der Waals surface area (Å²) in [5.74, 6) is -0.972. The van der Waals surface area contributed by atoms with Gasteiger partial charge in [-0.25, -0.2) is 0 Å². The molecule has 0 aliphatic carbocycles. The molecule has 0 amide bonds. The number of aliphatic hydroxyl groups excluding tert-OH is 1. The van der Waals surface area contributed by atoms with Crippen LogP contribution in [-0.2, 0) is 30.0 Å². The van der Waals surface area contributed by atoms with Crippen LogP contribution in [0.5, 0.6) is 0 Å². The summed E-state index contributed by atoms with van der Waals surface area (Å²) < 4.78 is 33.5. The number of aliphatic hydroxyl groups is 1. The monoisotopic (exact) mass is 630 g/mol. The van der Waals surface area contributed by atoms with Crippen LogP contribution < -0.4 is 10.4 Å². The number of ether oxygens (including phenoxy) is 4. The average molecular weight is 631 g/mol. The number of benzene rings is 3. The van der Waals surface area contributed by atoms with Gasteiger partial charge in [-0.2, -0.15) is 0 Å². The Balaban J connectivity index is 1.36. The van der Waals surface area contributed by atoms with Crippen LogP contribution in [0.15, 0.2) is 91.0 Å². The molecule has 1 spiro atoms. The van der Waals surface area contributed by atoms with E-state index >= 15 is 0 Å². The normalized spacial score (nSPS) is 31.3. The van der Waals surface area contributed by atoms with Crippen LogP contribution in [0.4, 0.5) is 0 Å². The Kier molecular flexibility index (Phi) is 9.18. The minimum atomic E-state index is -2.88. The van der Waals surface area contributed by atoms with Crippen molar-refractivity contribution in [2.75, 3.05) is 13.2 Å². The Morgan fingerprint density at radius 3 is 1.96 bits per heavy atom. The van der Waals surface area contributed by atoms with Gasteiger partial charge in [-0.1, -0.05) is 133 Å². The Morgan fingerprint density at radius 2 is 1.42 bits per heavy atom. The number of rotatable bonds is 10. The average Bonchev–Trinajstić information content (AvgIpc) is 3.86. The maximum Gasteiger partial charge on any atom is 0.261 e. The van der Waals surface area contributed by atoms with E-state index in [-0.39, 0.29) is 29.3 Å². The molecule has 0 radical (unpaired) electrons. The smallest absolute Gasteiger partial charge is 0.261 e. The number of epoxide rings is 1. The number of hydrogen-bond acceptors (Lipinski definition) is 6. The van der Waals surface area contributed by atoms with Gasteiger partial charge in [-0.15, -0.1) is 0 Å². The quantitative estimate of drug-likeness (QED) is 0.172. The van der Waals surface area contributed by atoms with Gasteiger partial charge in [0, 0.05) is 24.4 Å². The Labute approximate surface area is 270 Å². The van der Waals surface area contributed by atoms with Crippen LogP contribution in [0.25, 0.3) is 0 Å². The van der Waals surface area contributed by atoms with Gasteiger partial charge in [-0.05, 0) is 27.4 Å². The predicted octanol–water partition coefficient (Wildman–Crippen LogP) is 5.84. The second-order valence-electron chi connectivity index (χ2n) is 14.7. The van der Waals surface area contributed by atoms with Gasteiger partial charge in [-0.3, -0.25) is 0 Å². The maximum atomic E-state index is 11.6. The Bertz CT molecular complexity index is 1350. The molecule has 1 N–H and O–H groups in total. The van der Waals surface area contributed by atoms with E-state index in [2.05, 4.69) is 114 Å². The highest BCUT2D eigenvalue weighted by Gasteiger charge is 2.68. The van der Waals surface area contributed by atoms with Crippen molar-refractivity contribution in [1.29, 1.82) is 0 Å². The van der Waals surface area contributed by atoms with E-state index in [9.17, 15) is 5.11 Å². The first-order chi connectivity index (χ1) is 21.5. The topological polar surface area (TPSA) is 69.7 Å². The largest absolute Gasteiger partial charge is 0.404 e. The molecule has 3 aromatic carbocycles. The summed E-state index contributed by atoms with van der Waals surface area (Å²) in [5, 5.41) is 13.9. The third-order valence-electron chi connectivity index (χ3n) is 10.5. The number of hydrogen-bond donors (Lipinski definition) is 1. The summed E-state index contributed by atoms with van der Waals surface area (Å²) >= 11 is 0. The minimum Gasteiger partial charge on any atom is -0.404 e. The molecule has 6 rings (SSSR count). The van der Waals surface area contributed by atoms with Crippen LogP contribution in [0.1, 0.15) is 59.9 Å². The van der Waals surface area contributed by atoms with E-state index < -0.39 is 31.7 Å². The summed E-state index contributed by atoms with van der Waals surface area (Å²) in [5.41, 5.74) is 0.468. The molecule has 0 saturated carbocycles. The van der Waals surface area contributed by atoms with E-state index in [4.69, 9.17) is 23.4 Å². The van der Waals surface area contributed by atoms with Crippen molar-refractivity contribution in [3.8, 4) is 0 Å². The molecule has 7 heteroatoms. The van der Waals surface area contributed by atoms with Crippen LogP contribution in [0.2, 0.25) is 5.04 Å². The molecule has 3 fully saturated rings. The highest BCUT2D eigenvalue weighted by molar-refractivity contribution is 6.99. The van der Waals surface area contributed by atoms with Crippen molar-refractivity contribution < 1.29 is 28.5 Å². The second-order valence-corrected chi connectivity index (χ2v) is 19.0. The highest BCUT2D eigenvalue weighted by Crippen LogP contribution is 2.56. The molecule has 3 aliphatic heterocycles. The first-order valence-electron chi connectivity index (χ1n) is 16.5. The zero-order valence-corrected chi connectivity index (χ0v) is 28.6. The van der Waals surface area contributed by atoms with Crippen molar-refractivity contribution in [3.63, 3.8) is 0 Å². The Hall–Kier alpha value is -2.36. The molecule has 3 aliphatic rings. The van der Waals surface area contributed by atoms with E-state index in [1.54, 1.807) is 0 Å². The lowest BCUT2D eigenvalue weighted by Gasteiger charge is -2.54. The summed E-state index contributed by atoms with van der Waals surface area (Å²) in [7, 11) is -2.88.